The Morgan fingerprint density at radius 2 is 1.79 bits per heavy atom. The van der Waals surface area contributed by atoms with Crippen LogP contribution in [0.15, 0.2) is 29.2 Å². The lowest BCUT2D eigenvalue weighted by Crippen LogP contribution is -2.28. The zero-order valence-corrected chi connectivity index (χ0v) is 15.1. The van der Waals surface area contributed by atoms with Crippen LogP contribution in [0, 0.1) is 0 Å². The van der Waals surface area contributed by atoms with Gasteiger partial charge in [0, 0.05) is 13.0 Å². The number of methoxy groups -OCH3 is 1. The van der Waals surface area contributed by atoms with Gasteiger partial charge in [0.15, 0.2) is 0 Å². The summed E-state index contributed by atoms with van der Waals surface area (Å²) in [7, 11) is -2.70. The lowest BCUT2D eigenvalue weighted by Gasteiger charge is -2.19. The molecular formula is C16H23NO6S. The highest BCUT2D eigenvalue weighted by Gasteiger charge is 2.22. The van der Waals surface area contributed by atoms with E-state index in [1.165, 1.54) is 25.3 Å². The Morgan fingerprint density at radius 3 is 2.38 bits per heavy atom. The van der Waals surface area contributed by atoms with E-state index < -0.39 is 27.6 Å². The third kappa shape index (κ3) is 6.29. The Balaban J connectivity index is 2.66. The molecule has 24 heavy (non-hydrogen) atoms. The van der Waals surface area contributed by atoms with Crippen LogP contribution in [0.2, 0.25) is 0 Å². The number of hydrogen-bond donors (Lipinski definition) is 1. The largest absolute Gasteiger partial charge is 0.465 e. The normalized spacial score (nSPS) is 11.8. The molecular weight excluding hydrogens is 334 g/mol. The van der Waals surface area contributed by atoms with E-state index in [1.807, 2.05) is 0 Å². The number of esters is 2. The van der Waals surface area contributed by atoms with Crippen LogP contribution in [-0.2, 0) is 24.3 Å². The van der Waals surface area contributed by atoms with Gasteiger partial charge in [0.2, 0.25) is 10.0 Å². The molecule has 0 saturated heterocycles. The summed E-state index contributed by atoms with van der Waals surface area (Å²) in [5.74, 6) is -1.12. The van der Waals surface area contributed by atoms with Crippen molar-refractivity contribution in [3.05, 3.63) is 29.8 Å². The highest BCUT2D eigenvalue weighted by atomic mass is 32.2. The van der Waals surface area contributed by atoms with Crippen LogP contribution >= 0.6 is 0 Å². The minimum absolute atomic E-state index is 0.0420. The fourth-order valence-corrected chi connectivity index (χ4v) is 3.16. The average molecular weight is 357 g/mol. The predicted molar refractivity (Wildman–Crippen MR) is 88.0 cm³/mol. The predicted octanol–water partition coefficient (Wildman–Crippen LogP) is 1.87. The van der Waals surface area contributed by atoms with Crippen LogP contribution in [0.3, 0.4) is 0 Å². The molecule has 0 aliphatic rings. The summed E-state index contributed by atoms with van der Waals surface area (Å²) in [6.45, 7) is 5.34. The van der Waals surface area contributed by atoms with Gasteiger partial charge in [0.05, 0.1) is 17.6 Å². The molecule has 0 spiro atoms. The monoisotopic (exact) mass is 357 g/mol. The Labute approximate surface area is 142 Å². The van der Waals surface area contributed by atoms with Gasteiger partial charge in [0.1, 0.15) is 5.60 Å². The van der Waals surface area contributed by atoms with Crippen molar-refractivity contribution < 1.29 is 27.5 Å². The average Bonchev–Trinajstić information content (AvgIpc) is 2.49. The van der Waals surface area contributed by atoms with Crippen molar-refractivity contribution >= 4 is 22.0 Å². The van der Waals surface area contributed by atoms with E-state index in [2.05, 4.69) is 9.46 Å². The standard InChI is InChI=1S/C16H23NO6S/c1-16(2,3)23-14(18)10-7-11-17-24(20,21)13-9-6-5-8-12(13)15(19)22-4/h5-6,8-9,17H,7,10-11H2,1-4H3. The van der Waals surface area contributed by atoms with E-state index in [1.54, 1.807) is 26.8 Å². The van der Waals surface area contributed by atoms with Crippen molar-refractivity contribution in [2.75, 3.05) is 13.7 Å². The van der Waals surface area contributed by atoms with Crippen molar-refractivity contribution in [2.24, 2.45) is 0 Å². The zero-order valence-electron chi connectivity index (χ0n) is 14.3. The van der Waals surface area contributed by atoms with Crippen LogP contribution in [0.4, 0.5) is 0 Å². The summed E-state index contributed by atoms with van der Waals surface area (Å²) in [4.78, 5) is 23.1. The number of nitrogens with one attached hydrogen (secondary N) is 1. The molecule has 0 saturated carbocycles. The maximum Gasteiger partial charge on any atom is 0.339 e. The van der Waals surface area contributed by atoms with Crippen molar-refractivity contribution in [3.8, 4) is 0 Å². The smallest absolute Gasteiger partial charge is 0.339 e. The number of benzene rings is 1. The topological polar surface area (TPSA) is 98.8 Å². The number of rotatable bonds is 7. The highest BCUT2D eigenvalue weighted by Crippen LogP contribution is 2.16. The maximum absolute atomic E-state index is 12.3. The molecule has 0 heterocycles. The quantitative estimate of drug-likeness (QED) is 0.591. The number of hydrogen-bond acceptors (Lipinski definition) is 6. The molecule has 1 N–H and O–H groups in total. The molecule has 1 aromatic carbocycles. The van der Waals surface area contributed by atoms with Gasteiger partial charge in [0.25, 0.3) is 0 Å². The lowest BCUT2D eigenvalue weighted by molar-refractivity contribution is -0.154. The van der Waals surface area contributed by atoms with Gasteiger partial charge >= 0.3 is 11.9 Å². The summed E-state index contributed by atoms with van der Waals surface area (Å²) >= 11 is 0. The molecule has 7 nitrogen and oxygen atoms in total. The van der Waals surface area contributed by atoms with Gasteiger partial charge in [-0.15, -0.1) is 0 Å². The number of ether oxygens (including phenoxy) is 2. The Hall–Kier alpha value is -1.93. The molecule has 1 rings (SSSR count). The van der Waals surface area contributed by atoms with Gasteiger partial charge < -0.3 is 9.47 Å². The van der Waals surface area contributed by atoms with Crippen molar-refractivity contribution in [3.63, 3.8) is 0 Å². The molecule has 0 fully saturated rings. The number of carbonyl (C=O) groups is 2. The first-order valence-corrected chi connectivity index (χ1v) is 8.94. The molecule has 0 aliphatic heterocycles. The van der Waals surface area contributed by atoms with E-state index in [9.17, 15) is 18.0 Å². The first-order chi connectivity index (χ1) is 11.1. The first-order valence-electron chi connectivity index (χ1n) is 7.45. The molecule has 0 bridgehead atoms. The van der Waals surface area contributed by atoms with Crippen molar-refractivity contribution in [1.82, 2.24) is 4.72 Å². The second kappa shape index (κ2) is 8.25. The molecule has 0 radical (unpaired) electrons. The second-order valence-corrected chi connectivity index (χ2v) is 7.81. The molecule has 8 heteroatoms. The minimum Gasteiger partial charge on any atom is -0.465 e. The second-order valence-electron chi connectivity index (χ2n) is 6.08. The highest BCUT2D eigenvalue weighted by molar-refractivity contribution is 7.89. The zero-order chi connectivity index (χ0) is 18.4. The van der Waals surface area contributed by atoms with Crippen LogP contribution in [0.25, 0.3) is 0 Å². The summed E-state index contributed by atoms with van der Waals surface area (Å²) in [6.07, 6.45) is 0.382. The SMILES string of the molecule is COC(=O)c1ccccc1S(=O)(=O)NCCCC(=O)OC(C)(C)C. The Bertz CT molecular complexity index is 691. The minimum atomic E-state index is -3.88. The first kappa shape index (κ1) is 20.1. The van der Waals surface area contributed by atoms with Crippen LogP contribution < -0.4 is 4.72 Å². The van der Waals surface area contributed by atoms with E-state index in [0.29, 0.717) is 0 Å². The van der Waals surface area contributed by atoms with Crippen LogP contribution in [-0.4, -0.2) is 39.6 Å². The molecule has 0 unspecified atom stereocenters. The van der Waals surface area contributed by atoms with E-state index >= 15 is 0 Å². The van der Waals surface area contributed by atoms with Gasteiger partial charge in [-0.25, -0.2) is 17.9 Å². The molecule has 1 aromatic rings. The lowest BCUT2D eigenvalue weighted by atomic mass is 10.2. The molecule has 0 aromatic heterocycles. The Kier molecular flexibility index (Phi) is 6.92. The molecule has 134 valence electrons. The summed E-state index contributed by atoms with van der Waals surface area (Å²) in [5.41, 5.74) is -0.615. The van der Waals surface area contributed by atoms with E-state index in [0.717, 1.165) is 0 Å². The van der Waals surface area contributed by atoms with E-state index in [4.69, 9.17) is 4.74 Å². The number of sulfonamides is 1. The van der Waals surface area contributed by atoms with Gasteiger partial charge in [-0.05, 0) is 39.3 Å². The van der Waals surface area contributed by atoms with Crippen LogP contribution in [0.5, 0.6) is 0 Å². The van der Waals surface area contributed by atoms with Crippen molar-refractivity contribution in [2.45, 2.75) is 44.1 Å². The van der Waals surface area contributed by atoms with Gasteiger partial charge in [-0.1, -0.05) is 12.1 Å². The Morgan fingerprint density at radius 1 is 1.17 bits per heavy atom. The van der Waals surface area contributed by atoms with Crippen LogP contribution in [0.1, 0.15) is 44.0 Å². The number of carbonyl (C=O) groups excluding carboxylic acids is 2. The van der Waals surface area contributed by atoms with Crippen molar-refractivity contribution in [1.29, 1.82) is 0 Å². The van der Waals surface area contributed by atoms with E-state index in [-0.39, 0.29) is 29.8 Å². The maximum atomic E-state index is 12.3. The summed E-state index contributed by atoms with van der Waals surface area (Å²) in [6, 6.07) is 5.76. The summed E-state index contributed by atoms with van der Waals surface area (Å²) in [5, 5.41) is 0. The van der Waals surface area contributed by atoms with Gasteiger partial charge in [-0.3, -0.25) is 4.79 Å². The molecule has 0 aliphatic carbocycles. The molecule has 0 amide bonds. The third-order valence-electron chi connectivity index (χ3n) is 2.85. The summed E-state index contributed by atoms with van der Waals surface area (Å²) < 4.78 is 36.7. The van der Waals surface area contributed by atoms with Gasteiger partial charge in [-0.2, -0.15) is 0 Å². The third-order valence-corrected chi connectivity index (χ3v) is 4.37. The molecule has 0 atom stereocenters. The fraction of sp³-hybridized carbons (Fsp3) is 0.500. The fourth-order valence-electron chi connectivity index (χ4n) is 1.89.